The van der Waals surface area contributed by atoms with E-state index in [1.807, 2.05) is 0 Å². The minimum Gasteiger partial charge on any atom is -0.490 e. The summed E-state index contributed by atoms with van der Waals surface area (Å²) in [5.74, 6) is -3.27. The third-order valence-electron chi connectivity index (χ3n) is 3.14. The summed E-state index contributed by atoms with van der Waals surface area (Å²) in [7, 11) is 0. The fraction of sp³-hybridized carbons (Fsp3) is 0.385. The number of benzene rings is 1. The molecule has 0 bridgehead atoms. The van der Waals surface area contributed by atoms with Crippen molar-refractivity contribution in [1.29, 1.82) is 0 Å². The summed E-state index contributed by atoms with van der Waals surface area (Å²) in [5, 5.41) is 11.1. The van der Waals surface area contributed by atoms with Gasteiger partial charge in [0.15, 0.2) is 11.6 Å². The van der Waals surface area contributed by atoms with Crippen molar-refractivity contribution in [1.82, 2.24) is 0 Å². The molecule has 1 aromatic carbocycles. The molecule has 1 fully saturated rings. The third-order valence-corrected chi connectivity index (χ3v) is 4.07. The number of Topliss-reactive ketones (excluding diaryl/α,β-unsaturated/α-hetero) is 1. The minimum atomic E-state index is -0.974. The predicted octanol–water partition coefficient (Wildman–Crippen LogP) is 3.57. The fourth-order valence-corrected chi connectivity index (χ4v) is 2.19. The summed E-state index contributed by atoms with van der Waals surface area (Å²) in [6.45, 7) is 1.23. The highest BCUT2D eigenvalue weighted by Gasteiger charge is 2.52. The van der Waals surface area contributed by atoms with Crippen molar-refractivity contribution in [3.8, 4) is 5.75 Å². The highest BCUT2D eigenvalue weighted by molar-refractivity contribution is 6.50. The van der Waals surface area contributed by atoms with Gasteiger partial charge in [0.05, 0.1) is 12.2 Å². The van der Waals surface area contributed by atoms with Gasteiger partial charge >= 0.3 is 0 Å². The van der Waals surface area contributed by atoms with Gasteiger partial charge < -0.3 is 9.94 Å². The molecular weight excluding hydrogens is 327 g/mol. The van der Waals surface area contributed by atoms with Crippen LogP contribution in [0.1, 0.15) is 23.7 Å². The largest absolute Gasteiger partial charge is 0.490 e. The van der Waals surface area contributed by atoms with Crippen molar-refractivity contribution >= 4 is 34.7 Å². The van der Waals surface area contributed by atoms with Crippen molar-refractivity contribution in [2.45, 2.75) is 17.7 Å². The highest BCUT2D eigenvalue weighted by Crippen LogP contribution is 2.53. The first kappa shape index (κ1) is 16.0. The van der Waals surface area contributed by atoms with Crippen LogP contribution in [0.2, 0.25) is 0 Å². The molecular formula is C13H11Cl2F2NO3. The number of nitrogens with zero attached hydrogens (tertiary/aromatic N) is 1. The predicted molar refractivity (Wildman–Crippen MR) is 73.6 cm³/mol. The molecule has 2 rings (SSSR count). The first-order valence-corrected chi connectivity index (χ1v) is 6.75. The molecule has 1 N–H and O–H groups in total. The van der Waals surface area contributed by atoms with Crippen molar-refractivity contribution in [3.05, 3.63) is 29.3 Å². The maximum Gasteiger partial charge on any atom is 0.213 e. The summed E-state index contributed by atoms with van der Waals surface area (Å²) in [6, 6.07) is 1.46. The molecule has 114 valence electrons. The van der Waals surface area contributed by atoms with Gasteiger partial charge in [-0.3, -0.25) is 4.79 Å². The van der Waals surface area contributed by atoms with E-state index >= 15 is 0 Å². The molecule has 0 spiro atoms. The first-order valence-electron chi connectivity index (χ1n) is 5.99. The lowest BCUT2D eigenvalue weighted by Crippen LogP contribution is -2.14. The Morgan fingerprint density at radius 1 is 1.48 bits per heavy atom. The SMILES string of the molecule is CC(=NO)C(=O)c1cc(F)c(OCC2CC2(Cl)Cl)cc1F. The van der Waals surface area contributed by atoms with E-state index in [1.54, 1.807) is 0 Å². The van der Waals surface area contributed by atoms with Crippen molar-refractivity contribution in [2.75, 3.05) is 6.61 Å². The smallest absolute Gasteiger partial charge is 0.213 e. The quantitative estimate of drug-likeness (QED) is 0.294. The summed E-state index contributed by atoms with van der Waals surface area (Å²) >= 11 is 11.6. The highest BCUT2D eigenvalue weighted by atomic mass is 35.5. The molecule has 0 heterocycles. The molecule has 0 aliphatic heterocycles. The zero-order valence-corrected chi connectivity index (χ0v) is 12.4. The lowest BCUT2D eigenvalue weighted by atomic mass is 10.1. The van der Waals surface area contributed by atoms with Gasteiger partial charge in [0, 0.05) is 12.0 Å². The molecule has 0 aromatic heterocycles. The standard InChI is InChI=1S/C13H11Cl2F2NO3/c1-6(18-20)12(19)8-2-10(17)11(3-9(8)16)21-5-7-4-13(7,14)15/h2-3,7,20H,4-5H2,1H3. The summed E-state index contributed by atoms with van der Waals surface area (Å²) < 4.78 is 31.9. The van der Waals surface area contributed by atoms with Crippen LogP contribution in [-0.4, -0.2) is 27.6 Å². The number of rotatable bonds is 5. The summed E-state index contributed by atoms with van der Waals surface area (Å²) in [6.07, 6.45) is 0.517. The van der Waals surface area contributed by atoms with Gasteiger partial charge in [-0.1, -0.05) is 5.16 Å². The number of hydrogen-bond acceptors (Lipinski definition) is 4. The van der Waals surface area contributed by atoms with Gasteiger partial charge in [-0.05, 0) is 19.4 Å². The second-order valence-electron chi connectivity index (χ2n) is 4.75. The first-order chi connectivity index (χ1) is 9.76. The van der Waals surface area contributed by atoms with Gasteiger partial charge in [-0.2, -0.15) is 0 Å². The Kier molecular flexibility index (Phi) is 4.39. The molecule has 0 radical (unpaired) electrons. The van der Waals surface area contributed by atoms with Crippen molar-refractivity contribution in [3.63, 3.8) is 0 Å². The number of carbonyl (C=O) groups is 1. The minimum absolute atomic E-state index is 0.0494. The van der Waals surface area contributed by atoms with Crippen molar-refractivity contribution < 1.29 is 23.5 Å². The van der Waals surface area contributed by atoms with Gasteiger partial charge in [-0.15, -0.1) is 23.2 Å². The van der Waals surface area contributed by atoms with Gasteiger partial charge in [0.25, 0.3) is 0 Å². The molecule has 1 aromatic rings. The Morgan fingerprint density at radius 3 is 2.62 bits per heavy atom. The average Bonchev–Trinajstić information content (AvgIpc) is 3.05. The van der Waals surface area contributed by atoms with Crippen LogP contribution in [0.25, 0.3) is 0 Å². The Labute approximate surface area is 129 Å². The average molecular weight is 338 g/mol. The van der Waals surface area contributed by atoms with Gasteiger partial charge in [0.1, 0.15) is 15.9 Å². The van der Waals surface area contributed by atoms with E-state index in [-0.39, 0.29) is 24.0 Å². The number of oxime groups is 1. The van der Waals surface area contributed by atoms with Gasteiger partial charge in [-0.25, -0.2) is 8.78 Å². The molecule has 1 atom stereocenters. The number of alkyl halides is 2. The Bertz CT molecular complexity index is 620. The fourth-order valence-electron chi connectivity index (χ4n) is 1.69. The second-order valence-corrected chi connectivity index (χ2v) is 6.29. The molecule has 1 aliphatic carbocycles. The maximum absolute atomic E-state index is 13.8. The van der Waals surface area contributed by atoms with E-state index in [2.05, 4.69) is 5.16 Å². The van der Waals surface area contributed by atoms with Crippen LogP contribution in [0.4, 0.5) is 8.78 Å². The molecule has 0 amide bonds. The molecule has 21 heavy (non-hydrogen) atoms. The zero-order chi connectivity index (χ0) is 15.8. The Balaban J connectivity index is 2.15. The van der Waals surface area contributed by atoms with Crippen molar-refractivity contribution in [2.24, 2.45) is 11.1 Å². The second kappa shape index (κ2) is 5.77. The number of halogens is 4. The van der Waals surface area contributed by atoms with Crippen LogP contribution in [0, 0.1) is 17.6 Å². The number of hydrogen-bond donors (Lipinski definition) is 1. The van der Waals surface area contributed by atoms with E-state index < -0.39 is 27.3 Å². The van der Waals surface area contributed by atoms with E-state index in [4.69, 9.17) is 33.1 Å². The molecule has 4 nitrogen and oxygen atoms in total. The van der Waals surface area contributed by atoms with E-state index in [1.165, 1.54) is 6.92 Å². The van der Waals surface area contributed by atoms with E-state index in [0.29, 0.717) is 12.5 Å². The lowest BCUT2D eigenvalue weighted by Gasteiger charge is -2.09. The summed E-state index contributed by atoms with van der Waals surface area (Å²) in [4.78, 5) is 11.6. The molecule has 1 unspecified atom stereocenters. The zero-order valence-electron chi connectivity index (χ0n) is 10.9. The molecule has 0 saturated heterocycles. The third kappa shape index (κ3) is 3.44. The number of carbonyl (C=O) groups excluding carboxylic acids is 1. The van der Waals surface area contributed by atoms with Crippen LogP contribution in [-0.2, 0) is 0 Å². The van der Waals surface area contributed by atoms with Crippen LogP contribution in [0.5, 0.6) is 5.75 Å². The molecule has 1 saturated carbocycles. The number of ketones is 1. The Morgan fingerprint density at radius 2 is 2.10 bits per heavy atom. The monoisotopic (exact) mass is 337 g/mol. The number of ether oxygens (including phenoxy) is 1. The van der Waals surface area contributed by atoms with Crippen LogP contribution in [0.15, 0.2) is 17.3 Å². The van der Waals surface area contributed by atoms with Crippen LogP contribution in [0.3, 0.4) is 0 Å². The lowest BCUT2D eigenvalue weighted by molar-refractivity contribution is 0.105. The van der Waals surface area contributed by atoms with Gasteiger partial charge in [0.2, 0.25) is 5.78 Å². The molecule has 1 aliphatic rings. The van der Waals surface area contributed by atoms with E-state index in [0.717, 1.165) is 6.07 Å². The topological polar surface area (TPSA) is 58.9 Å². The van der Waals surface area contributed by atoms with Crippen LogP contribution < -0.4 is 4.74 Å². The maximum atomic E-state index is 13.8. The normalized spacial score (nSPS) is 20.2. The Hall–Kier alpha value is -1.40. The van der Waals surface area contributed by atoms with Crippen LogP contribution >= 0.6 is 23.2 Å². The van der Waals surface area contributed by atoms with E-state index in [9.17, 15) is 13.6 Å². The summed E-state index contributed by atoms with van der Waals surface area (Å²) in [5.41, 5.74) is -0.889. The molecule has 8 heteroatoms.